The summed E-state index contributed by atoms with van der Waals surface area (Å²) in [7, 11) is -3.74. The Kier molecular flexibility index (Phi) is 4.87. The van der Waals surface area contributed by atoms with Crippen molar-refractivity contribution in [1.29, 1.82) is 0 Å². The first-order valence-electron chi connectivity index (χ1n) is 7.90. The Morgan fingerprint density at radius 2 is 1.76 bits per heavy atom. The average Bonchev–Trinajstić information content (AvgIpc) is 3.01. The van der Waals surface area contributed by atoms with Crippen molar-refractivity contribution in [2.24, 2.45) is 5.14 Å². The molecule has 130 valence electrons. The zero-order valence-corrected chi connectivity index (χ0v) is 14.4. The second kappa shape index (κ2) is 7.08. The fourth-order valence-electron chi connectivity index (χ4n) is 2.68. The lowest BCUT2D eigenvalue weighted by molar-refractivity contribution is 0.0952. The first-order chi connectivity index (χ1) is 11.9. The van der Waals surface area contributed by atoms with Crippen molar-refractivity contribution in [3.63, 3.8) is 0 Å². The van der Waals surface area contributed by atoms with Crippen LogP contribution in [0.2, 0.25) is 0 Å². The van der Waals surface area contributed by atoms with Crippen LogP contribution < -0.4 is 10.5 Å². The number of primary sulfonamides is 1. The maximum atomic E-state index is 12.1. The number of hydrogen-bond acceptors (Lipinski definition) is 3. The first-order valence-corrected chi connectivity index (χ1v) is 9.45. The lowest BCUT2D eigenvalue weighted by Gasteiger charge is -2.08. The number of aromatic nitrogens is 1. The van der Waals surface area contributed by atoms with Crippen molar-refractivity contribution in [3.8, 4) is 0 Å². The van der Waals surface area contributed by atoms with Gasteiger partial charge in [0, 0.05) is 30.4 Å². The normalized spacial score (nSPS) is 11.6. The van der Waals surface area contributed by atoms with Crippen LogP contribution in [0.5, 0.6) is 0 Å². The summed E-state index contributed by atoms with van der Waals surface area (Å²) in [6.45, 7) is 1.33. The maximum Gasteiger partial charge on any atom is 0.251 e. The predicted octanol–water partition coefficient (Wildman–Crippen LogP) is 2.11. The molecule has 0 saturated heterocycles. The van der Waals surface area contributed by atoms with Crippen LogP contribution >= 0.6 is 0 Å². The van der Waals surface area contributed by atoms with E-state index in [1.54, 1.807) is 0 Å². The summed E-state index contributed by atoms with van der Waals surface area (Å²) >= 11 is 0. The standard InChI is InChI=1S/C18H19N3O3S/c19-25(23,24)16-8-6-15(7-9-16)18(22)20-11-3-12-21-13-10-14-4-1-2-5-17(14)21/h1-2,4-10,13H,3,11-12H2,(H,20,22)(H2,19,23,24). The van der Waals surface area contributed by atoms with E-state index in [1.165, 1.54) is 35.2 Å². The number of nitrogens with zero attached hydrogens (tertiary/aromatic N) is 1. The fraction of sp³-hybridized carbons (Fsp3) is 0.167. The van der Waals surface area contributed by atoms with E-state index < -0.39 is 10.0 Å². The third-order valence-corrected chi connectivity index (χ3v) is 4.92. The van der Waals surface area contributed by atoms with Crippen molar-refractivity contribution in [2.45, 2.75) is 17.9 Å². The highest BCUT2D eigenvalue weighted by Crippen LogP contribution is 2.15. The van der Waals surface area contributed by atoms with Gasteiger partial charge in [0.1, 0.15) is 0 Å². The van der Waals surface area contributed by atoms with Crippen LogP contribution in [-0.2, 0) is 16.6 Å². The number of aryl methyl sites for hydroxylation is 1. The Hall–Kier alpha value is -2.64. The monoisotopic (exact) mass is 357 g/mol. The molecule has 0 aliphatic rings. The maximum absolute atomic E-state index is 12.1. The lowest BCUT2D eigenvalue weighted by Crippen LogP contribution is -2.25. The third kappa shape index (κ3) is 4.07. The van der Waals surface area contributed by atoms with Gasteiger partial charge in [0.05, 0.1) is 4.90 Å². The van der Waals surface area contributed by atoms with Crippen LogP contribution in [0.25, 0.3) is 10.9 Å². The zero-order valence-electron chi connectivity index (χ0n) is 13.6. The summed E-state index contributed by atoms with van der Waals surface area (Å²) in [5.74, 6) is -0.238. The van der Waals surface area contributed by atoms with E-state index >= 15 is 0 Å². The van der Waals surface area contributed by atoms with Gasteiger partial charge in [0.2, 0.25) is 10.0 Å². The Morgan fingerprint density at radius 1 is 1.04 bits per heavy atom. The van der Waals surface area contributed by atoms with Crippen LogP contribution in [0.4, 0.5) is 0 Å². The molecule has 3 aromatic rings. The van der Waals surface area contributed by atoms with Gasteiger partial charge in [-0.15, -0.1) is 0 Å². The summed E-state index contributed by atoms with van der Waals surface area (Å²) in [6, 6.07) is 15.8. The Morgan fingerprint density at radius 3 is 2.48 bits per heavy atom. The SMILES string of the molecule is NS(=O)(=O)c1ccc(C(=O)NCCCn2ccc3ccccc32)cc1. The van der Waals surface area contributed by atoms with Crippen molar-refractivity contribution in [2.75, 3.05) is 6.54 Å². The number of amides is 1. The molecule has 25 heavy (non-hydrogen) atoms. The second-order valence-corrected chi connectivity index (χ2v) is 7.31. The van der Waals surface area contributed by atoms with Gasteiger partial charge in [-0.2, -0.15) is 0 Å². The number of hydrogen-bond donors (Lipinski definition) is 2. The van der Waals surface area contributed by atoms with Gasteiger partial charge < -0.3 is 9.88 Å². The van der Waals surface area contributed by atoms with E-state index in [9.17, 15) is 13.2 Å². The van der Waals surface area contributed by atoms with Gasteiger partial charge in [-0.25, -0.2) is 13.6 Å². The molecule has 0 fully saturated rings. The van der Waals surface area contributed by atoms with Gasteiger partial charge in [0.25, 0.3) is 5.91 Å². The topological polar surface area (TPSA) is 94.2 Å². The number of nitrogens with two attached hydrogens (primary N) is 1. The molecule has 1 amide bonds. The molecule has 6 nitrogen and oxygen atoms in total. The Balaban J connectivity index is 1.53. The molecule has 1 aromatic heterocycles. The average molecular weight is 357 g/mol. The Labute approximate surface area is 146 Å². The molecular formula is C18H19N3O3S. The number of fused-ring (bicyclic) bond motifs is 1. The highest BCUT2D eigenvalue weighted by Gasteiger charge is 2.10. The van der Waals surface area contributed by atoms with Gasteiger partial charge in [-0.05, 0) is 48.2 Å². The van der Waals surface area contributed by atoms with Gasteiger partial charge in [-0.1, -0.05) is 18.2 Å². The minimum atomic E-state index is -3.74. The van der Waals surface area contributed by atoms with E-state index in [2.05, 4.69) is 28.1 Å². The number of benzene rings is 2. The van der Waals surface area contributed by atoms with E-state index in [-0.39, 0.29) is 10.8 Å². The largest absolute Gasteiger partial charge is 0.352 e. The number of nitrogens with one attached hydrogen (secondary N) is 1. The molecule has 2 aromatic carbocycles. The minimum absolute atomic E-state index is 0.0106. The van der Waals surface area contributed by atoms with Crippen molar-refractivity contribution in [1.82, 2.24) is 9.88 Å². The summed E-state index contributed by atoms with van der Waals surface area (Å²) in [6.07, 6.45) is 2.83. The van der Waals surface area contributed by atoms with Gasteiger partial charge >= 0.3 is 0 Å². The third-order valence-electron chi connectivity index (χ3n) is 3.99. The van der Waals surface area contributed by atoms with E-state index in [0.717, 1.165) is 13.0 Å². The van der Waals surface area contributed by atoms with E-state index in [4.69, 9.17) is 5.14 Å². The molecule has 0 bridgehead atoms. The molecule has 0 atom stereocenters. The van der Waals surface area contributed by atoms with Gasteiger partial charge in [0.15, 0.2) is 0 Å². The minimum Gasteiger partial charge on any atom is -0.352 e. The predicted molar refractivity (Wildman–Crippen MR) is 96.7 cm³/mol. The molecule has 0 aliphatic heterocycles. The number of carbonyl (C=O) groups is 1. The summed E-state index contributed by atoms with van der Waals surface area (Å²) in [5.41, 5.74) is 1.58. The van der Waals surface area contributed by atoms with Crippen molar-refractivity contribution in [3.05, 3.63) is 66.4 Å². The van der Waals surface area contributed by atoms with Crippen LogP contribution in [0.15, 0.2) is 65.7 Å². The molecule has 0 radical (unpaired) electrons. The van der Waals surface area contributed by atoms with Crippen molar-refractivity contribution >= 4 is 26.8 Å². The molecule has 7 heteroatoms. The van der Waals surface area contributed by atoms with Crippen LogP contribution in [0, 0.1) is 0 Å². The fourth-order valence-corrected chi connectivity index (χ4v) is 3.20. The Bertz CT molecular complexity index is 992. The molecule has 0 spiro atoms. The zero-order chi connectivity index (χ0) is 17.9. The first kappa shape index (κ1) is 17.2. The van der Waals surface area contributed by atoms with Crippen LogP contribution in [0.1, 0.15) is 16.8 Å². The number of carbonyl (C=O) groups excluding carboxylic acids is 1. The molecule has 1 heterocycles. The number of sulfonamides is 1. The number of rotatable bonds is 6. The summed E-state index contributed by atoms with van der Waals surface area (Å²) < 4.78 is 24.6. The lowest BCUT2D eigenvalue weighted by atomic mass is 10.2. The molecule has 0 aliphatic carbocycles. The highest BCUT2D eigenvalue weighted by atomic mass is 32.2. The van der Waals surface area contributed by atoms with Crippen LogP contribution in [-0.4, -0.2) is 25.4 Å². The van der Waals surface area contributed by atoms with Crippen LogP contribution in [0.3, 0.4) is 0 Å². The molecule has 0 unspecified atom stereocenters. The summed E-state index contributed by atoms with van der Waals surface area (Å²) in [5, 5.41) is 9.07. The quantitative estimate of drug-likeness (QED) is 0.662. The highest BCUT2D eigenvalue weighted by molar-refractivity contribution is 7.89. The molecule has 3 rings (SSSR count). The van der Waals surface area contributed by atoms with Gasteiger partial charge in [-0.3, -0.25) is 4.79 Å². The number of para-hydroxylation sites is 1. The van der Waals surface area contributed by atoms with Crippen molar-refractivity contribution < 1.29 is 13.2 Å². The van der Waals surface area contributed by atoms with E-state index in [1.807, 2.05) is 18.3 Å². The molecule has 0 saturated carbocycles. The van der Waals surface area contributed by atoms with E-state index in [0.29, 0.717) is 12.1 Å². The summed E-state index contributed by atoms with van der Waals surface area (Å²) in [4.78, 5) is 12.1. The molecule has 3 N–H and O–H groups in total. The molecular weight excluding hydrogens is 338 g/mol. The smallest absolute Gasteiger partial charge is 0.251 e. The second-order valence-electron chi connectivity index (χ2n) is 5.75.